The summed E-state index contributed by atoms with van der Waals surface area (Å²) in [6.07, 6.45) is 8.34. The van der Waals surface area contributed by atoms with Crippen molar-refractivity contribution < 1.29 is 9.53 Å². The van der Waals surface area contributed by atoms with Gasteiger partial charge in [0.2, 0.25) is 0 Å². The second kappa shape index (κ2) is 9.61. The molecule has 0 bridgehead atoms. The van der Waals surface area contributed by atoms with Crippen LogP contribution in [0.1, 0.15) is 55.3 Å². The summed E-state index contributed by atoms with van der Waals surface area (Å²) < 4.78 is 5.22. The summed E-state index contributed by atoms with van der Waals surface area (Å²) in [5, 5.41) is 7.48. The number of ether oxygens (including phenoxy) is 1. The molecule has 2 N–H and O–H groups in total. The Labute approximate surface area is 177 Å². The number of hydrogen-bond donors (Lipinski definition) is 2. The fourth-order valence-electron chi connectivity index (χ4n) is 4.11. The molecule has 0 aliphatic heterocycles. The summed E-state index contributed by atoms with van der Waals surface area (Å²) in [6, 6.07) is 17.6. The zero-order valence-electron chi connectivity index (χ0n) is 17.5. The first-order valence-electron chi connectivity index (χ1n) is 10.8. The van der Waals surface area contributed by atoms with Crippen molar-refractivity contribution >= 4 is 28.3 Å². The number of benzene rings is 2. The number of para-hydroxylation sites is 1. The number of hydrogen-bond acceptors (Lipinski definition) is 4. The molecule has 1 aliphatic rings. The van der Waals surface area contributed by atoms with Crippen molar-refractivity contribution in [2.75, 3.05) is 12.4 Å². The summed E-state index contributed by atoms with van der Waals surface area (Å²) in [4.78, 5) is 17.9. The quantitative estimate of drug-likeness (QED) is 0.563. The number of anilines is 2. The predicted octanol–water partition coefficient (Wildman–Crippen LogP) is 5.83. The van der Waals surface area contributed by atoms with Crippen molar-refractivity contribution in [3.05, 3.63) is 60.2 Å². The Balaban J connectivity index is 1.59. The number of nitrogens with one attached hydrogen (secondary N) is 2. The predicted molar refractivity (Wildman–Crippen MR) is 122 cm³/mol. The lowest BCUT2D eigenvalue weighted by atomic mass is 9.96. The van der Waals surface area contributed by atoms with Gasteiger partial charge in [-0.2, -0.15) is 0 Å². The van der Waals surface area contributed by atoms with Crippen LogP contribution in [0.25, 0.3) is 10.9 Å². The van der Waals surface area contributed by atoms with Crippen LogP contribution < -0.4 is 15.4 Å². The fraction of sp³-hybridized carbons (Fsp3) is 0.360. The first kappa shape index (κ1) is 20.2. The van der Waals surface area contributed by atoms with Crippen LogP contribution in [0.2, 0.25) is 0 Å². The monoisotopic (exact) mass is 403 g/mol. The van der Waals surface area contributed by atoms with E-state index in [0.29, 0.717) is 11.4 Å². The Morgan fingerprint density at radius 1 is 0.967 bits per heavy atom. The van der Waals surface area contributed by atoms with Gasteiger partial charge in [0, 0.05) is 17.1 Å². The number of carbonyl (C=O) groups excluding carboxylic acids is 1. The van der Waals surface area contributed by atoms with E-state index < -0.39 is 0 Å². The Hall–Kier alpha value is -3.08. The SMILES string of the molecule is COc1ccc(Nc2cc(C(=O)NC3CCCCCCC3)c3ccccc3n2)cc1. The topological polar surface area (TPSA) is 63.2 Å². The molecule has 0 atom stereocenters. The zero-order chi connectivity index (χ0) is 20.8. The van der Waals surface area contributed by atoms with Gasteiger partial charge in [-0.1, -0.05) is 50.3 Å². The fourth-order valence-corrected chi connectivity index (χ4v) is 4.11. The molecule has 1 amide bonds. The first-order valence-corrected chi connectivity index (χ1v) is 10.8. The van der Waals surface area contributed by atoms with E-state index in [4.69, 9.17) is 9.72 Å². The zero-order valence-corrected chi connectivity index (χ0v) is 17.5. The summed E-state index contributed by atoms with van der Waals surface area (Å²) in [6.45, 7) is 0. The number of carbonyl (C=O) groups is 1. The third-order valence-electron chi connectivity index (χ3n) is 5.76. The maximum Gasteiger partial charge on any atom is 0.252 e. The molecule has 1 saturated carbocycles. The maximum atomic E-state index is 13.2. The van der Waals surface area contributed by atoms with E-state index in [-0.39, 0.29) is 11.9 Å². The lowest BCUT2D eigenvalue weighted by molar-refractivity contribution is 0.0932. The molecule has 0 radical (unpaired) electrons. The average molecular weight is 404 g/mol. The average Bonchev–Trinajstić information content (AvgIpc) is 2.75. The van der Waals surface area contributed by atoms with Crippen LogP contribution in [0.15, 0.2) is 54.6 Å². The van der Waals surface area contributed by atoms with Crippen LogP contribution in [0.3, 0.4) is 0 Å². The lowest BCUT2D eigenvalue weighted by Gasteiger charge is -2.21. The second-order valence-corrected chi connectivity index (χ2v) is 7.94. The van der Waals surface area contributed by atoms with E-state index in [1.165, 1.54) is 32.1 Å². The van der Waals surface area contributed by atoms with Gasteiger partial charge in [0.25, 0.3) is 5.91 Å². The number of methoxy groups -OCH3 is 1. The van der Waals surface area contributed by atoms with E-state index in [1.54, 1.807) is 7.11 Å². The minimum atomic E-state index is -0.0167. The van der Waals surface area contributed by atoms with Gasteiger partial charge in [-0.25, -0.2) is 4.98 Å². The third-order valence-corrected chi connectivity index (χ3v) is 5.76. The molecule has 30 heavy (non-hydrogen) atoms. The Morgan fingerprint density at radius 2 is 1.67 bits per heavy atom. The summed E-state index contributed by atoms with van der Waals surface area (Å²) in [7, 11) is 1.65. The summed E-state index contributed by atoms with van der Waals surface area (Å²) >= 11 is 0. The molecule has 3 aromatic rings. The van der Waals surface area contributed by atoms with Gasteiger partial charge in [0.15, 0.2) is 0 Å². The van der Waals surface area contributed by atoms with Gasteiger partial charge >= 0.3 is 0 Å². The van der Waals surface area contributed by atoms with Crippen LogP contribution in [0, 0.1) is 0 Å². The number of amides is 1. The van der Waals surface area contributed by atoms with Crippen molar-refractivity contribution in [2.45, 2.75) is 51.0 Å². The van der Waals surface area contributed by atoms with Crippen molar-refractivity contribution in [3.63, 3.8) is 0 Å². The number of rotatable bonds is 5. The first-order chi connectivity index (χ1) is 14.7. The molecular weight excluding hydrogens is 374 g/mol. The largest absolute Gasteiger partial charge is 0.497 e. The van der Waals surface area contributed by atoms with E-state index >= 15 is 0 Å². The number of nitrogens with zero attached hydrogens (tertiary/aromatic N) is 1. The second-order valence-electron chi connectivity index (χ2n) is 7.94. The van der Waals surface area contributed by atoms with Gasteiger partial charge in [0.05, 0.1) is 18.2 Å². The molecular formula is C25H29N3O2. The highest BCUT2D eigenvalue weighted by Crippen LogP contribution is 2.25. The molecule has 156 valence electrons. The van der Waals surface area contributed by atoms with Gasteiger partial charge in [-0.3, -0.25) is 4.79 Å². The number of pyridine rings is 1. The molecule has 1 fully saturated rings. The van der Waals surface area contributed by atoms with Crippen LogP contribution in [-0.2, 0) is 0 Å². The number of aromatic nitrogens is 1. The van der Waals surface area contributed by atoms with Gasteiger partial charge in [-0.05, 0) is 49.2 Å². The molecule has 0 unspecified atom stereocenters. The van der Waals surface area contributed by atoms with Crippen molar-refractivity contribution in [1.82, 2.24) is 10.3 Å². The highest BCUT2D eigenvalue weighted by molar-refractivity contribution is 6.07. The van der Waals surface area contributed by atoms with E-state index in [1.807, 2.05) is 54.6 Å². The molecule has 5 nitrogen and oxygen atoms in total. The number of fused-ring (bicyclic) bond motifs is 1. The smallest absolute Gasteiger partial charge is 0.252 e. The van der Waals surface area contributed by atoms with Gasteiger partial charge in [0.1, 0.15) is 11.6 Å². The van der Waals surface area contributed by atoms with Crippen molar-refractivity contribution in [2.24, 2.45) is 0 Å². The molecule has 4 rings (SSSR count). The van der Waals surface area contributed by atoms with Crippen LogP contribution in [-0.4, -0.2) is 24.0 Å². The maximum absolute atomic E-state index is 13.2. The normalized spacial score (nSPS) is 15.2. The Morgan fingerprint density at radius 3 is 2.40 bits per heavy atom. The Kier molecular flexibility index (Phi) is 6.47. The van der Waals surface area contributed by atoms with Crippen LogP contribution in [0.5, 0.6) is 5.75 Å². The standard InChI is InChI=1S/C25H29N3O2/c1-30-20-15-13-19(14-16-20)26-24-17-22(21-11-7-8-12-23(21)28-24)25(29)27-18-9-5-3-2-4-6-10-18/h7-8,11-18H,2-6,9-10H2,1H3,(H,26,28)(H,27,29). The minimum absolute atomic E-state index is 0.0167. The van der Waals surface area contributed by atoms with E-state index in [9.17, 15) is 4.79 Å². The van der Waals surface area contributed by atoms with Gasteiger partial charge < -0.3 is 15.4 Å². The molecule has 1 heterocycles. The van der Waals surface area contributed by atoms with E-state index in [2.05, 4.69) is 10.6 Å². The molecule has 5 heteroatoms. The minimum Gasteiger partial charge on any atom is -0.497 e. The molecule has 0 saturated heterocycles. The molecule has 0 spiro atoms. The summed E-state index contributed by atoms with van der Waals surface area (Å²) in [5.41, 5.74) is 2.36. The molecule has 1 aliphatic carbocycles. The van der Waals surface area contributed by atoms with Crippen molar-refractivity contribution in [1.29, 1.82) is 0 Å². The molecule has 1 aromatic heterocycles. The molecule has 2 aromatic carbocycles. The van der Waals surface area contributed by atoms with Crippen LogP contribution >= 0.6 is 0 Å². The van der Waals surface area contributed by atoms with Crippen molar-refractivity contribution in [3.8, 4) is 5.75 Å². The highest BCUT2D eigenvalue weighted by atomic mass is 16.5. The Bertz CT molecular complexity index is 993. The highest BCUT2D eigenvalue weighted by Gasteiger charge is 2.18. The lowest BCUT2D eigenvalue weighted by Crippen LogP contribution is -2.35. The van der Waals surface area contributed by atoms with Crippen LogP contribution in [0.4, 0.5) is 11.5 Å². The van der Waals surface area contributed by atoms with Gasteiger partial charge in [-0.15, -0.1) is 0 Å². The summed E-state index contributed by atoms with van der Waals surface area (Å²) in [5.74, 6) is 1.44. The van der Waals surface area contributed by atoms with E-state index in [0.717, 1.165) is 35.2 Å². The third kappa shape index (κ3) is 4.90.